The van der Waals surface area contributed by atoms with Gasteiger partial charge in [-0.15, -0.1) is 0 Å². The molecule has 0 radical (unpaired) electrons. The molecule has 0 amide bonds. The van der Waals surface area contributed by atoms with Gasteiger partial charge in [0.15, 0.2) is 11.6 Å². The molecule has 1 aromatic carbocycles. The summed E-state index contributed by atoms with van der Waals surface area (Å²) in [5.74, 6) is 0.406. The number of hydrogen-bond acceptors (Lipinski definition) is 3. The molecule has 0 aromatic heterocycles. The Hall–Kier alpha value is -1.90. The zero-order valence-corrected chi connectivity index (χ0v) is 9.24. The minimum atomic E-state index is -0.116. The van der Waals surface area contributed by atoms with Gasteiger partial charge in [0.1, 0.15) is 5.75 Å². The lowest BCUT2D eigenvalue weighted by Crippen LogP contribution is -2.15. The SMILES string of the molecule is CCOc1ccc2c(c1)C(=O)C(C)=CC2=O. The van der Waals surface area contributed by atoms with Gasteiger partial charge in [-0.25, -0.2) is 0 Å². The van der Waals surface area contributed by atoms with Gasteiger partial charge in [-0.3, -0.25) is 9.59 Å². The van der Waals surface area contributed by atoms with Crippen LogP contribution in [0.1, 0.15) is 34.6 Å². The van der Waals surface area contributed by atoms with E-state index in [0.29, 0.717) is 29.1 Å². The van der Waals surface area contributed by atoms with Gasteiger partial charge in [0.2, 0.25) is 0 Å². The summed E-state index contributed by atoms with van der Waals surface area (Å²) in [4.78, 5) is 23.5. The summed E-state index contributed by atoms with van der Waals surface area (Å²) in [7, 11) is 0. The quantitative estimate of drug-likeness (QED) is 0.762. The number of fused-ring (bicyclic) bond motifs is 1. The summed E-state index contributed by atoms with van der Waals surface area (Å²) in [6.07, 6.45) is 1.38. The van der Waals surface area contributed by atoms with E-state index in [1.807, 2.05) is 6.92 Å². The maximum Gasteiger partial charge on any atom is 0.189 e. The van der Waals surface area contributed by atoms with Gasteiger partial charge >= 0.3 is 0 Å². The second-order valence-corrected chi connectivity index (χ2v) is 3.66. The number of ketones is 2. The molecule has 1 aliphatic rings. The second-order valence-electron chi connectivity index (χ2n) is 3.66. The molecule has 0 N–H and O–H groups in total. The highest BCUT2D eigenvalue weighted by Crippen LogP contribution is 2.25. The van der Waals surface area contributed by atoms with Crippen LogP contribution in [-0.2, 0) is 0 Å². The van der Waals surface area contributed by atoms with Gasteiger partial charge < -0.3 is 4.74 Å². The van der Waals surface area contributed by atoms with Crippen LogP contribution in [0.2, 0.25) is 0 Å². The highest BCUT2D eigenvalue weighted by atomic mass is 16.5. The first kappa shape index (κ1) is 10.6. The lowest BCUT2D eigenvalue weighted by Gasteiger charge is -2.13. The highest BCUT2D eigenvalue weighted by Gasteiger charge is 2.23. The van der Waals surface area contributed by atoms with E-state index < -0.39 is 0 Å². The molecule has 1 aromatic rings. The van der Waals surface area contributed by atoms with Crippen LogP contribution in [-0.4, -0.2) is 18.2 Å². The van der Waals surface area contributed by atoms with Crippen LogP contribution in [0.25, 0.3) is 0 Å². The monoisotopic (exact) mass is 216 g/mol. The lowest BCUT2D eigenvalue weighted by molar-refractivity contribution is 0.0984. The van der Waals surface area contributed by atoms with Crippen LogP contribution in [0.4, 0.5) is 0 Å². The molecule has 3 nitrogen and oxygen atoms in total. The summed E-state index contributed by atoms with van der Waals surface area (Å²) >= 11 is 0. The van der Waals surface area contributed by atoms with E-state index in [2.05, 4.69) is 0 Å². The average molecular weight is 216 g/mol. The summed E-state index contributed by atoms with van der Waals surface area (Å²) in [6, 6.07) is 4.99. The van der Waals surface area contributed by atoms with Crippen LogP contribution in [0.15, 0.2) is 29.8 Å². The van der Waals surface area contributed by atoms with Gasteiger partial charge in [-0.2, -0.15) is 0 Å². The molecule has 0 bridgehead atoms. The minimum Gasteiger partial charge on any atom is -0.494 e. The molecule has 16 heavy (non-hydrogen) atoms. The van der Waals surface area contributed by atoms with Crippen LogP contribution in [0.3, 0.4) is 0 Å². The number of hydrogen-bond donors (Lipinski definition) is 0. The molecule has 0 saturated heterocycles. The lowest BCUT2D eigenvalue weighted by atomic mass is 9.90. The van der Waals surface area contributed by atoms with Crippen molar-refractivity contribution in [2.24, 2.45) is 0 Å². The first-order chi connectivity index (χ1) is 7.63. The zero-order valence-electron chi connectivity index (χ0n) is 9.24. The van der Waals surface area contributed by atoms with Crippen LogP contribution >= 0.6 is 0 Å². The average Bonchev–Trinajstić information content (AvgIpc) is 2.26. The topological polar surface area (TPSA) is 43.4 Å². The van der Waals surface area contributed by atoms with Crippen LogP contribution < -0.4 is 4.74 Å². The van der Waals surface area contributed by atoms with E-state index >= 15 is 0 Å². The van der Waals surface area contributed by atoms with E-state index in [9.17, 15) is 9.59 Å². The number of carbonyl (C=O) groups excluding carboxylic acids is 2. The molecule has 0 atom stereocenters. The molecular weight excluding hydrogens is 204 g/mol. The summed E-state index contributed by atoms with van der Waals surface area (Å²) < 4.78 is 5.31. The summed E-state index contributed by atoms with van der Waals surface area (Å²) in [5.41, 5.74) is 1.38. The van der Waals surface area contributed by atoms with Gasteiger partial charge in [0.25, 0.3) is 0 Å². The van der Waals surface area contributed by atoms with Gasteiger partial charge in [-0.1, -0.05) is 0 Å². The molecule has 3 heteroatoms. The third-order valence-electron chi connectivity index (χ3n) is 2.52. The van der Waals surface area contributed by atoms with E-state index in [1.54, 1.807) is 25.1 Å². The number of Topliss-reactive ketones (excluding diaryl/α,β-unsaturated/α-hetero) is 1. The third kappa shape index (κ3) is 1.65. The minimum absolute atomic E-state index is 0.101. The molecule has 0 saturated carbocycles. The standard InChI is InChI=1S/C13H12O3/c1-3-16-9-4-5-10-11(7-9)13(15)8(2)6-12(10)14/h4-7H,3H2,1-2H3. The number of rotatable bonds is 2. The van der Waals surface area contributed by atoms with Crippen molar-refractivity contribution in [1.82, 2.24) is 0 Å². The Morgan fingerprint density at radius 2 is 1.94 bits per heavy atom. The molecular formula is C13H12O3. The van der Waals surface area contributed by atoms with Crippen LogP contribution in [0, 0.1) is 0 Å². The Bertz CT molecular complexity index is 498. The highest BCUT2D eigenvalue weighted by molar-refractivity contribution is 6.24. The Kier molecular flexibility index (Phi) is 2.60. The molecule has 82 valence electrons. The van der Waals surface area contributed by atoms with Gasteiger partial charge in [-0.05, 0) is 38.1 Å². The maximum atomic E-state index is 11.8. The molecule has 0 spiro atoms. The van der Waals surface area contributed by atoms with E-state index in [4.69, 9.17) is 4.74 Å². The molecule has 0 unspecified atom stereocenters. The molecule has 0 aliphatic heterocycles. The van der Waals surface area contributed by atoms with E-state index in [1.165, 1.54) is 6.08 Å². The Labute approximate surface area is 93.7 Å². The van der Waals surface area contributed by atoms with Crippen LogP contribution in [0.5, 0.6) is 5.75 Å². The molecule has 0 fully saturated rings. The number of ether oxygens (including phenoxy) is 1. The second kappa shape index (κ2) is 3.93. The number of allylic oxidation sites excluding steroid dienone is 2. The third-order valence-corrected chi connectivity index (χ3v) is 2.52. The number of benzene rings is 1. The van der Waals surface area contributed by atoms with Crippen molar-refractivity contribution in [1.29, 1.82) is 0 Å². The van der Waals surface area contributed by atoms with Crippen molar-refractivity contribution < 1.29 is 14.3 Å². The van der Waals surface area contributed by atoms with Crippen molar-refractivity contribution in [2.75, 3.05) is 6.61 Å². The normalized spacial score (nSPS) is 14.5. The fourth-order valence-electron chi connectivity index (χ4n) is 1.73. The smallest absolute Gasteiger partial charge is 0.189 e. The fourth-order valence-corrected chi connectivity index (χ4v) is 1.73. The first-order valence-electron chi connectivity index (χ1n) is 5.17. The molecule has 1 aliphatic carbocycles. The zero-order chi connectivity index (χ0) is 11.7. The van der Waals surface area contributed by atoms with Crippen molar-refractivity contribution in [3.05, 3.63) is 41.0 Å². The van der Waals surface area contributed by atoms with Gasteiger partial charge in [0, 0.05) is 16.7 Å². The predicted molar refractivity (Wildman–Crippen MR) is 60.0 cm³/mol. The predicted octanol–water partition coefficient (Wildman–Crippen LogP) is 2.41. The molecule has 2 rings (SSSR count). The van der Waals surface area contributed by atoms with Gasteiger partial charge in [0.05, 0.1) is 6.61 Å². The molecule has 0 heterocycles. The summed E-state index contributed by atoms with van der Waals surface area (Å²) in [5, 5.41) is 0. The Morgan fingerprint density at radius 3 is 2.62 bits per heavy atom. The van der Waals surface area contributed by atoms with E-state index in [0.717, 1.165) is 0 Å². The number of carbonyl (C=O) groups is 2. The van der Waals surface area contributed by atoms with Crippen molar-refractivity contribution in [2.45, 2.75) is 13.8 Å². The van der Waals surface area contributed by atoms with E-state index in [-0.39, 0.29) is 11.6 Å². The van der Waals surface area contributed by atoms with Crippen molar-refractivity contribution >= 4 is 11.6 Å². The fraction of sp³-hybridized carbons (Fsp3) is 0.231. The van der Waals surface area contributed by atoms with Crippen molar-refractivity contribution in [3.63, 3.8) is 0 Å². The van der Waals surface area contributed by atoms with Crippen molar-refractivity contribution in [3.8, 4) is 5.75 Å². The summed E-state index contributed by atoms with van der Waals surface area (Å²) in [6.45, 7) is 4.06. The maximum absolute atomic E-state index is 11.8. The Morgan fingerprint density at radius 1 is 1.19 bits per heavy atom. The Balaban J connectivity index is 2.52. The largest absolute Gasteiger partial charge is 0.494 e. The first-order valence-corrected chi connectivity index (χ1v) is 5.17.